The van der Waals surface area contributed by atoms with Gasteiger partial charge in [-0.05, 0) is 169 Å². The highest BCUT2D eigenvalue weighted by Gasteiger charge is 2.27. The SMILES string of the molecule is Brc1cccc(-c2cc(-c3ccccc3)c3c4cccc5c6c(-c7cccc(Br)c7)c(-c7ccccc7)cc(-c7cccc(Br)c7)c6c6cccc(c3c2-c2ccccc2)c6c45)c1. The second kappa shape index (κ2) is 15.5. The molecule has 0 fully saturated rings. The van der Waals surface area contributed by atoms with E-state index in [4.69, 9.17) is 0 Å². The fraction of sp³-hybridized carbons (Fsp3) is 0. The summed E-state index contributed by atoms with van der Waals surface area (Å²) in [5.74, 6) is 0. The van der Waals surface area contributed by atoms with Crippen LogP contribution in [0.5, 0.6) is 0 Å². The van der Waals surface area contributed by atoms with Crippen LogP contribution in [0.3, 0.4) is 0 Å². The van der Waals surface area contributed by atoms with Crippen LogP contribution in [-0.4, -0.2) is 0 Å². The Morgan fingerprint density at radius 3 is 1.00 bits per heavy atom. The first-order chi connectivity index (χ1) is 31.0. The third kappa shape index (κ3) is 6.28. The van der Waals surface area contributed by atoms with E-state index in [0.717, 1.165) is 13.4 Å². The molecule has 0 unspecified atom stereocenters. The summed E-state index contributed by atoms with van der Waals surface area (Å²) >= 11 is 11.6. The summed E-state index contributed by atoms with van der Waals surface area (Å²) in [7, 11) is 0. The Balaban J connectivity index is 1.39. The van der Waals surface area contributed by atoms with Crippen molar-refractivity contribution in [1.29, 1.82) is 0 Å². The molecule has 0 aliphatic rings. The lowest BCUT2D eigenvalue weighted by Crippen LogP contribution is -1.98. The minimum absolute atomic E-state index is 1.05. The summed E-state index contributed by atoms with van der Waals surface area (Å²) in [4.78, 5) is 0. The molecule has 0 saturated heterocycles. The molecule has 0 atom stereocenters. The Morgan fingerprint density at radius 2 is 0.524 bits per heavy atom. The smallest absolute Gasteiger partial charge is 0.0181 e. The molecule has 0 nitrogen and oxygen atoms in total. The molecule has 0 aliphatic carbocycles. The van der Waals surface area contributed by atoms with Crippen LogP contribution in [0.25, 0.3) is 121 Å². The third-order valence-electron chi connectivity index (χ3n) is 12.7. The highest BCUT2D eigenvalue weighted by Crippen LogP contribution is 2.55. The summed E-state index contributed by atoms with van der Waals surface area (Å²) in [6.07, 6.45) is 0. The van der Waals surface area contributed by atoms with E-state index < -0.39 is 0 Å². The highest BCUT2D eigenvalue weighted by molar-refractivity contribution is 9.11. The molecular formula is C60H35Br3. The van der Waals surface area contributed by atoms with Crippen molar-refractivity contribution in [2.75, 3.05) is 0 Å². The average molecular weight is 996 g/mol. The first-order valence-electron chi connectivity index (χ1n) is 21.2. The Kier molecular flexibility index (Phi) is 9.41. The molecule has 0 aromatic heterocycles. The van der Waals surface area contributed by atoms with E-state index in [9.17, 15) is 0 Å². The van der Waals surface area contributed by atoms with Gasteiger partial charge < -0.3 is 0 Å². The van der Waals surface area contributed by atoms with Crippen molar-refractivity contribution in [3.05, 3.63) is 226 Å². The number of hydrogen-bond acceptors (Lipinski definition) is 0. The predicted molar refractivity (Wildman–Crippen MR) is 281 cm³/mol. The molecule has 0 bridgehead atoms. The maximum absolute atomic E-state index is 3.88. The van der Waals surface area contributed by atoms with Crippen molar-refractivity contribution in [2.24, 2.45) is 0 Å². The van der Waals surface area contributed by atoms with Crippen LogP contribution in [0.2, 0.25) is 0 Å². The molecular weight excluding hydrogens is 960 g/mol. The van der Waals surface area contributed by atoms with E-state index in [0.29, 0.717) is 0 Å². The number of fused-ring (bicyclic) bond motifs is 6. The minimum Gasteiger partial charge on any atom is -0.0622 e. The van der Waals surface area contributed by atoms with Crippen molar-refractivity contribution in [3.63, 3.8) is 0 Å². The lowest BCUT2D eigenvalue weighted by Gasteiger charge is -2.26. The molecule has 0 aliphatic heterocycles. The quantitative estimate of drug-likeness (QED) is 0.115. The number of hydrogen-bond donors (Lipinski definition) is 0. The van der Waals surface area contributed by atoms with Gasteiger partial charge in [-0.3, -0.25) is 0 Å². The van der Waals surface area contributed by atoms with Crippen molar-refractivity contribution in [2.45, 2.75) is 0 Å². The van der Waals surface area contributed by atoms with Crippen molar-refractivity contribution in [1.82, 2.24) is 0 Å². The van der Waals surface area contributed by atoms with Gasteiger partial charge in [0, 0.05) is 13.4 Å². The van der Waals surface area contributed by atoms with Crippen LogP contribution in [-0.2, 0) is 0 Å². The Labute approximate surface area is 391 Å². The summed E-state index contributed by atoms with van der Waals surface area (Å²) in [5, 5.41) is 12.6. The van der Waals surface area contributed by atoms with Gasteiger partial charge in [-0.25, -0.2) is 0 Å². The van der Waals surface area contributed by atoms with Crippen LogP contribution >= 0.6 is 47.8 Å². The molecule has 0 spiro atoms. The zero-order valence-electron chi connectivity index (χ0n) is 33.8. The highest BCUT2D eigenvalue weighted by atomic mass is 79.9. The lowest BCUT2D eigenvalue weighted by atomic mass is 9.77. The van der Waals surface area contributed by atoms with Gasteiger partial charge in [0.1, 0.15) is 0 Å². The maximum Gasteiger partial charge on any atom is 0.0181 e. The van der Waals surface area contributed by atoms with Crippen LogP contribution in [0.15, 0.2) is 226 Å². The monoisotopic (exact) mass is 992 g/mol. The third-order valence-corrected chi connectivity index (χ3v) is 14.2. The molecule has 0 saturated carbocycles. The average Bonchev–Trinajstić information content (AvgIpc) is 3.33. The van der Waals surface area contributed by atoms with E-state index in [1.807, 2.05) is 0 Å². The van der Waals surface area contributed by atoms with Gasteiger partial charge in [0.2, 0.25) is 0 Å². The first-order valence-corrected chi connectivity index (χ1v) is 23.5. The van der Waals surface area contributed by atoms with Gasteiger partial charge >= 0.3 is 0 Å². The summed E-state index contributed by atoms with van der Waals surface area (Å²) in [6.45, 7) is 0. The molecule has 0 radical (unpaired) electrons. The zero-order valence-corrected chi connectivity index (χ0v) is 38.6. The van der Waals surface area contributed by atoms with Crippen LogP contribution in [0, 0.1) is 0 Å². The molecule has 296 valence electrons. The lowest BCUT2D eigenvalue weighted by molar-refractivity contribution is 1.58. The zero-order chi connectivity index (χ0) is 42.2. The second-order valence-corrected chi connectivity index (χ2v) is 19.0. The van der Waals surface area contributed by atoms with Gasteiger partial charge in [0.05, 0.1) is 0 Å². The van der Waals surface area contributed by atoms with Gasteiger partial charge in [0.15, 0.2) is 0 Å². The van der Waals surface area contributed by atoms with Gasteiger partial charge in [-0.15, -0.1) is 0 Å². The molecule has 63 heavy (non-hydrogen) atoms. The minimum atomic E-state index is 1.05. The summed E-state index contributed by atoms with van der Waals surface area (Å²) in [6, 6.07) is 78.2. The summed E-state index contributed by atoms with van der Waals surface area (Å²) < 4.78 is 3.15. The number of rotatable bonds is 6. The van der Waals surface area contributed by atoms with Crippen molar-refractivity contribution < 1.29 is 0 Å². The van der Waals surface area contributed by atoms with Crippen molar-refractivity contribution >= 4 is 102 Å². The Bertz CT molecular complexity index is 3740. The Hall–Kier alpha value is -6.36. The molecule has 12 rings (SSSR count). The molecule has 0 amide bonds. The summed E-state index contributed by atoms with van der Waals surface area (Å²) in [5.41, 5.74) is 14.4. The molecule has 3 heteroatoms. The van der Waals surface area contributed by atoms with Gasteiger partial charge in [0.25, 0.3) is 0 Å². The fourth-order valence-electron chi connectivity index (χ4n) is 10.2. The van der Waals surface area contributed by atoms with Gasteiger partial charge in [-0.2, -0.15) is 0 Å². The fourth-order valence-corrected chi connectivity index (χ4v) is 11.4. The van der Waals surface area contributed by atoms with E-state index in [1.165, 1.54) is 121 Å². The normalized spacial score (nSPS) is 11.7. The first kappa shape index (κ1) is 38.3. The molecule has 0 N–H and O–H groups in total. The van der Waals surface area contributed by atoms with E-state index in [1.54, 1.807) is 0 Å². The van der Waals surface area contributed by atoms with E-state index >= 15 is 0 Å². The largest absolute Gasteiger partial charge is 0.0622 e. The van der Waals surface area contributed by atoms with Crippen molar-refractivity contribution in [3.8, 4) is 66.8 Å². The van der Waals surface area contributed by atoms with Gasteiger partial charge in [-0.1, -0.05) is 212 Å². The maximum atomic E-state index is 3.88. The van der Waals surface area contributed by atoms with Crippen LogP contribution < -0.4 is 0 Å². The predicted octanol–water partition coefficient (Wildman–Crippen LogP) is 19.2. The van der Waals surface area contributed by atoms with E-state index in [2.05, 4.69) is 260 Å². The standard InChI is InChI=1S/C60H35Br3/c61-42-24-10-21-39(31-42)51-35-50(37-17-6-2-7-18-37)57-45-27-13-30-48-55(45)56-46(28-14-29-47(56)59(57)53(51)38-19-8-3-9-20-38)58-52(40-22-11-25-43(62)32-40)34-49(36-15-4-1-5-16-36)54(60(48)58)41-23-12-26-44(63)33-41/h1-35H. The molecule has 0 heterocycles. The second-order valence-electron chi connectivity index (χ2n) is 16.3. The Morgan fingerprint density at radius 1 is 0.206 bits per heavy atom. The van der Waals surface area contributed by atoms with Crippen LogP contribution in [0.4, 0.5) is 0 Å². The molecule has 12 aromatic carbocycles. The number of benzene rings is 12. The van der Waals surface area contributed by atoms with E-state index in [-0.39, 0.29) is 0 Å². The van der Waals surface area contributed by atoms with Crippen LogP contribution in [0.1, 0.15) is 0 Å². The number of halogens is 3. The topological polar surface area (TPSA) is 0 Å². The molecule has 12 aromatic rings.